The molecule has 1 N–H and O–H groups in total. The van der Waals surface area contributed by atoms with Crippen LogP contribution in [0.15, 0.2) is 30.3 Å². The molecule has 2 heteroatoms. The molecule has 0 saturated heterocycles. The summed E-state index contributed by atoms with van der Waals surface area (Å²) in [6, 6.07) is 11.4. The Hall–Kier alpha value is -1.41. The third-order valence-corrected chi connectivity index (χ3v) is 3.87. The molecule has 1 heterocycles. The maximum atomic E-state index is 4.59. The lowest BCUT2D eigenvalue weighted by Crippen LogP contribution is -2.25. The van der Waals surface area contributed by atoms with Gasteiger partial charge in [0.25, 0.3) is 0 Å². The molecule has 0 spiro atoms. The molecule has 1 saturated carbocycles. The van der Waals surface area contributed by atoms with Crippen LogP contribution in [0.4, 0.5) is 0 Å². The summed E-state index contributed by atoms with van der Waals surface area (Å²) in [5.74, 6) is 0. The number of pyridine rings is 1. The molecule has 3 rings (SSSR count). The number of nitrogens with one attached hydrogen (secondary N) is 1. The summed E-state index contributed by atoms with van der Waals surface area (Å²) in [5.41, 5.74) is 3.60. The lowest BCUT2D eigenvalue weighted by molar-refractivity contribution is 0.525. The molecule has 1 fully saturated rings. The lowest BCUT2D eigenvalue weighted by Gasteiger charge is -2.13. The summed E-state index contributed by atoms with van der Waals surface area (Å²) in [4.78, 5) is 4.59. The summed E-state index contributed by atoms with van der Waals surface area (Å²) in [6.45, 7) is 3.04. The van der Waals surface area contributed by atoms with Crippen LogP contribution in [0.3, 0.4) is 0 Å². The Morgan fingerprint density at radius 1 is 1.22 bits per heavy atom. The van der Waals surface area contributed by atoms with E-state index in [1.165, 1.54) is 36.6 Å². The van der Waals surface area contributed by atoms with Crippen LogP contribution in [0, 0.1) is 6.92 Å². The maximum Gasteiger partial charge on any atom is 0.0708 e. The molecule has 1 aliphatic rings. The van der Waals surface area contributed by atoms with Crippen molar-refractivity contribution in [2.45, 2.75) is 45.2 Å². The van der Waals surface area contributed by atoms with Gasteiger partial charge in [0.05, 0.1) is 5.52 Å². The highest BCUT2D eigenvalue weighted by atomic mass is 14.9. The Bertz CT molecular complexity index is 542. The van der Waals surface area contributed by atoms with Crippen molar-refractivity contribution >= 4 is 10.9 Å². The van der Waals surface area contributed by atoms with Gasteiger partial charge in [-0.1, -0.05) is 31.0 Å². The first-order valence-corrected chi connectivity index (χ1v) is 6.91. The van der Waals surface area contributed by atoms with Crippen molar-refractivity contribution in [3.05, 3.63) is 41.6 Å². The van der Waals surface area contributed by atoms with Gasteiger partial charge in [-0.15, -0.1) is 0 Å². The number of benzene rings is 1. The number of hydrogen-bond donors (Lipinski definition) is 1. The van der Waals surface area contributed by atoms with Crippen molar-refractivity contribution in [2.24, 2.45) is 0 Å². The normalized spacial score (nSPS) is 16.5. The summed E-state index contributed by atoms with van der Waals surface area (Å²) < 4.78 is 0. The van der Waals surface area contributed by atoms with E-state index in [2.05, 4.69) is 47.6 Å². The van der Waals surface area contributed by atoms with E-state index < -0.39 is 0 Å². The summed E-state index contributed by atoms with van der Waals surface area (Å²) in [5, 5.41) is 4.98. The van der Waals surface area contributed by atoms with E-state index in [1.54, 1.807) is 0 Å². The minimum absolute atomic E-state index is 0.720. The fourth-order valence-corrected chi connectivity index (χ4v) is 2.93. The number of nitrogens with zero attached hydrogens (tertiary/aromatic N) is 1. The van der Waals surface area contributed by atoms with Crippen molar-refractivity contribution in [3.63, 3.8) is 0 Å². The van der Waals surface area contributed by atoms with E-state index >= 15 is 0 Å². The average Bonchev–Trinajstić information content (AvgIpc) is 2.89. The average molecular weight is 240 g/mol. The van der Waals surface area contributed by atoms with Crippen molar-refractivity contribution in [1.82, 2.24) is 10.3 Å². The van der Waals surface area contributed by atoms with Gasteiger partial charge >= 0.3 is 0 Å². The predicted molar refractivity (Wildman–Crippen MR) is 75.6 cm³/mol. The van der Waals surface area contributed by atoms with Crippen LogP contribution in [0.25, 0.3) is 10.9 Å². The van der Waals surface area contributed by atoms with Gasteiger partial charge in [0, 0.05) is 23.7 Å². The van der Waals surface area contributed by atoms with Gasteiger partial charge in [0.1, 0.15) is 0 Å². The number of aryl methyl sites for hydroxylation is 1. The van der Waals surface area contributed by atoms with Gasteiger partial charge in [0.15, 0.2) is 0 Å². The largest absolute Gasteiger partial charge is 0.310 e. The first kappa shape index (κ1) is 11.7. The van der Waals surface area contributed by atoms with Gasteiger partial charge in [-0.3, -0.25) is 4.98 Å². The molecule has 0 radical (unpaired) electrons. The maximum absolute atomic E-state index is 4.59. The summed E-state index contributed by atoms with van der Waals surface area (Å²) in [7, 11) is 0. The Kier molecular flexibility index (Phi) is 3.28. The third kappa shape index (κ3) is 2.39. The molecule has 0 bridgehead atoms. The first-order valence-electron chi connectivity index (χ1n) is 6.91. The molecule has 94 valence electrons. The zero-order chi connectivity index (χ0) is 12.4. The quantitative estimate of drug-likeness (QED) is 0.887. The van der Waals surface area contributed by atoms with Gasteiger partial charge in [-0.05, 0) is 37.5 Å². The van der Waals surface area contributed by atoms with E-state index in [0.717, 1.165) is 23.8 Å². The van der Waals surface area contributed by atoms with Crippen LogP contribution < -0.4 is 5.32 Å². The Labute approximate surface area is 108 Å². The molecule has 0 amide bonds. The van der Waals surface area contributed by atoms with E-state index in [-0.39, 0.29) is 0 Å². The van der Waals surface area contributed by atoms with Gasteiger partial charge in [-0.2, -0.15) is 0 Å². The number of rotatable bonds is 3. The second kappa shape index (κ2) is 5.07. The minimum Gasteiger partial charge on any atom is -0.310 e. The number of aromatic nitrogens is 1. The standard InChI is InChI=1S/C16H20N2/c1-12-10-13(11-17-14-6-2-3-7-14)15-8-4-5-9-16(15)18-12/h4-5,8-10,14,17H,2-3,6-7,11H2,1H3. The fraction of sp³-hybridized carbons (Fsp3) is 0.438. The second-order valence-corrected chi connectivity index (χ2v) is 5.30. The van der Waals surface area contributed by atoms with E-state index in [1.807, 2.05) is 0 Å². The van der Waals surface area contributed by atoms with Crippen LogP contribution >= 0.6 is 0 Å². The van der Waals surface area contributed by atoms with Crippen LogP contribution in [0.1, 0.15) is 36.9 Å². The highest BCUT2D eigenvalue weighted by Crippen LogP contribution is 2.21. The molecular formula is C16H20N2. The Balaban J connectivity index is 1.85. The first-order chi connectivity index (χ1) is 8.83. The van der Waals surface area contributed by atoms with Gasteiger partial charge in [0.2, 0.25) is 0 Å². The Morgan fingerprint density at radius 2 is 2.00 bits per heavy atom. The van der Waals surface area contributed by atoms with E-state index in [0.29, 0.717) is 0 Å². The van der Waals surface area contributed by atoms with Crippen LogP contribution in [-0.4, -0.2) is 11.0 Å². The summed E-state index contributed by atoms with van der Waals surface area (Å²) >= 11 is 0. The Morgan fingerprint density at radius 3 is 2.83 bits per heavy atom. The van der Waals surface area contributed by atoms with Crippen LogP contribution in [0.5, 0.6) is 0 Å². The SMILES string of the molecule is Cc1cc(CNC2CCCC2)c2ccccc2n1. The third-order valence-electron chi connectivity index (χ3n) is 3.87. The van der Waals surface area contributed by atoms with Crippen LogP contribution in [-0.2, 0) is 6.54 Å². The molecule has 1 aromatic carbocycles. The molecule has 1 aromatic heterocycles. The molecule has 18 heavy (non-hydrogen) atoms. The smallest absolute Gasteiger partial charge is 0.0708 e. The lowest BCUT2D eigenvalue weighted by atomic mass is 10.1. The topological polar surface area (TPSA) is 24.9 Å². The highest BCUT2D eigenvalue weighted by molar-refractivity contribution is 5.82. The van der Waals surface area contributed by atoms with Crippen LogP contribution in [0.2, 0.25) is 0 Å². The zero-order valence-corrected chi connectivity index (χ0v) is 10.9. The fourth-order valence-electron chi connectivity index (χ4n) is 2.93. The zero-order valence-electron chi connectivity index (χ0n) is 10.9. The molecule has 0 atom stereocenters. The second-order valence-electron chi connectivity index (χ2n) is 5.30. The molecule has 2 nitrogen and oxygen atoms in total. The molecular weight excluding hydrogens is 220 g/mol. The molecule has 1 aliphatic carbocycles. The molecule has 2 aromatic rings. The van der Waals surface area contributed by atoms with E-state index in [9.17, 15) is 0 Å². The van der Waals surface area contributed by atoms with Gasteiger partial charge < -0.3 is 5.32 Å². The number of para-hydroxylation sites is 1. The number of hydrogen-bond acceptors (Lipinski definition) is 2. The van der Waals surface area contributed by atoms with Crippen molar-refractivity contribution in [3.8, 4) is 0 Å². The number of fused-ring (bicyclic) bond motifs is 1. The molecule has 0 aliphatic heterocycles. The van der Waals surface area contributed by atoms with Crippen molar-refractivity contribution in [1.29, 1.82) is 0 Å². The van der Waals surface area contributed by atoms with Gasteiger partial charge in [-0.25, -0.2) is 0 Å². The van der Waals surface area contributed by atoms with E-state index in [4.69, 9.17) is 0 Å². The predicted octanol–water partition coefficient (Wildman–Crippen LogP) is 3.58. The van der Waals surface area contributed by atoms with Crippen molar-refractivity contribution in [2.75, 3.05) is 0 Å². The molecule has 0 unspecified atom stereocenters. The van der Waals surface area contributed by atoms with Crippen molar-refractivity contribution < 1.29 is 0 Å². The minimum atomic E-state index is 0.720. The monoisotopic (exact) mass is 240 g/mol. The highest BCUT2D eigenvalue weighted by Gasteiger charge is 2.14. The summed E-state index contributed by atoms with van der Waals surface area (Å²) in [6.07, 6.45) is 5.44.